The molecule has 4 unspecified atom stereocenters. The SMILES string of the molecule is CC1N=CNC1CN1CCC2(CC1)COC1c3ccc(Cl)cc3OC(C)(C)C1C2. The minimum atomic E-state index is -0.257. The number of nitrogens with one attached hydrogen (secondary N) is 1. The van der Waals surface area contributed by atoms with Gasteiger partial charge < -0.3 is 19.7 Å². The number of benzene rings is 1. The molecule has 1 aromatic rings. The van der Waals surface area contributed by atoms with Crippen molar-refractivity contribution in [2.75, 3.05) is 26.2 Å². The Bertz CT molecular complexity index is 803. The molecule has 4 heterocycles. The second kappa shape index (κ2) is 7.14. The number of likely N-dealkylation sites (tertiary alicyclic amines) is 1. The highest BCUT2D eigenvalue weighted by molar-refractivity contribution is 6.30. The topological polar surface area (TPSA) is 46.1 Å². The summed E-state index contributed by atoms with van der Waals surface area (Å²) in [6, 6.07) is 6.79. The lowest BCUT2D eigenvalue weighted by molar-refractivity contribution is -0.174. The first kappa shape index (κ1) is 19.7. The molecule has 2 fully saturated rings. The summed E-state index contributed by atoms with van der Waals surface area (Å²) in [5.41, 5.74) is 1.17. The average Bonchev–Trinajstić information content (AvgIpc) is 3.08. The summed E-state index contributed by atoms with van der Waals surface area (Å²) in [7, 11) is 0. The van der Waals surface area contributed by atoms with Gasteiger partial charge in [-0.1, -0.05) is 17.7 Å². The molecule has 29 heavy (non-hydrogen) atoms. The van der Waals surface area contributed by atoms with Gasteiger partial charge in [0, 0.05) is 23.0 Å². The Morgan fingerprint density at radius 3 is 2.79 bits per heavy atom. The molecule has 0 saturated carbocycles. The highest BCUT2D eigenvalue weighted by atomic mass is 35.5. The molecule has 1 N–H and O–H groups in total. The van der Waals surface area contributed by atoms with Gasteiger partial charge in [-0.15, -0.1) is 0 Å². The molecule has 0 radical (unpaired) electrons. The second-order valence-corrected chi connectivity index (χ2v) is 10.5. The maximum absolute atomic E-state index is 6.59. The number of rotatable bonds is 2. The smallest absolute Gasteiger partial charge is 0.127 e. The van der Waals surface area contributed by atoms with Crippen LogP contribution in [0.2, 0.25) is 5.02 Å². The fourth-order valence-corrected chi connectivity index (χ4v) is 5.83. The summed E-state index contributed by atoms with van der Waals surface area (Å²) >= 11 is 6.21. The molecule has 4 atom stereocenters. The van der Waals surface area contributed by atoms with E-state index in [0.29, 0.717) is 23.0 Å². The second-order valence-electron chi connectivity index (χ2n) is 10.0. The molecule has 0 amide bonds. The first-order valence-corrected chi connectivity index (χ1v) is 11.3. The van der Waals surface area contributed by atoms with Gasteiger partial charge >= 0.3 is 0 Å². The van der Waals surface area contributed by atoms with Gasteiger partial charge in [0.15, 0.2) is 0 Å². The van der Waals surface area contributed by atoms with Crippen LogP contribution in [0.15, 0.2) is 23.2 Å². The van der Waals surface area contributed by atoms with Gasteiger partial charge in [-0.3, -0.25) is 4.99 Å². The van der Waals surface area contributed by atoms with Crippen molar-refractivity contribution < 1.29 is 9.47 Å². The van der Waals surface area contributed by atoms with E-state index in [1.165, 1.54) is 19.3 Å². The van der Waals surface area contributed by atoms with Crippen molar-refractivity contribution in [1.82, 2.24) is 10.2 Å². The van der Waals surface area contributed by atoms with Crippen molar-refractivity contribution in [3.63, 3.8) is 0 Å². The maximum Gasteiger partial charge on any atom is 0.127 e. The average molecular weight is 418 g/mol. The van der Waals surface area contributed by atoms with Crippen LogP contribution in [0.1, 0.15) is 51.7 Å². The lowest BCUT2D eigenvalue weighted by atomic mass is 9.64. The molecule has 4 aliphatic heterocycles. The van der Waals surface area contributed by atoms with E-state index in [1.54, 1.807) is 0 Å². The third kappa shape index (κ3) is 3.55. The predicted molar refractivity (Wildman–Crippen MR) is 116 cm³/mol. The van der Waals surface area contributed by atoms with Gasteiger partial charge in [-0.05, 0) is 70.7 Å². The molecule has 4 aliphatic rings. The fourth-order valence-electron chi connectivity index (χ4n) is 5.66. The predicted octanol–water partition coefficient (Wildman–Crippen LogP) is 4.06. The number of aliphatic imine (C=N–C) groups is 1. The third-order valence-corrected chi connectivity index (χ3v) is 7.92. The molecule has 2 saturated heterocycles. The minimum absolute atomic E-state index is 0.107. The highest BCUT2D eigenvalue weighted by Crippen LogP contribution is 2.55. The molecular weight excluding hydrogens is 386 g/mol. The summed E-state index contributed by atoms with van der Waals surface area (Å²) in [5.74, 6) is 1.25. The molecular formula is C23H32ClN3O2. The lowest BCUT2D eigenvalue weighted by Crippen LogP contribution is -2.55. The van der Waals surface area contributed by atoms with Crippen molar-refractivity contribution in [2.45, 2.75) is 63.8 Å². The van der Waals surface area contributed by atoms with Gasteiger partial charge in [0.2, 0.25) is 0 Å². The number of halogens is 1. The number of fused-ring (bicyclic) bond motifs is 3. The summed E-state index contributed by atoms with van der Waals surface area (Å²) < 4.78 is 13.0. The van der Waals surface area contributed by atoms with Crippen LogP contribution < -0.4 is 10.1 Å². The summed E-state index contributed by atoms with van der Waals surface area (Å²) in [6.45, 7) is 10.8. The van der Waals surface area contributed by atoms with E-state index in [1.807, 2.05) is 18.5 Å². The summed E-state index contributed by atoms with van der Waals surface area (Å²) in [4.78, 5) is 7.04. The zero-order chi connectivity index (χ0) is 20.2. The molecule has 1 aromatic carbocycles. The van der Waals surface area contributed by atoms with Crippen LogP contribution >= 0.6 is 11.6 Å². The number of ether oxygens (including phenoxy) is 2. The Balaban J connectivity index is 1.28. The third-order valence-electron chi connectivity index (χ3n) is 7.69. The van der Waals surface area contributed by atoms with Gasteiger partial charge in [0.1, 0.15) is 11.4 Å². The maximum atomic E-state index is 6.59. The van der Waals surface area contributed by atoms with E-state index in [4.69, 9.17) is 21.1 Å². The Morgan fingerprint density at radius 1 is 1.28 bits per heavy atom. The molecule has 0 aliphatic carbocycles. The Kier molecular flexibility index (Phi) is 4.84. The molecule has 158 valence electrons. The van der Waals surface area contributed by atoms with Crippen LogP contribution in [0.5, 0.6) is 5.75 Å². The Morgan fingerprint density at radius 2 is 2.07 bits per heavy atom. The van der Waals surface area contributed by atoms with Crippen LogP contribution in [0.25, 0.3) is 0 Å². The van der Waals surface area contributed by atoms with Crippen molar-refractivity contribution >= 4 is 17.9 Å². The summed E-state index contributed by atoms with van der Waals surface area (Å²) in [6.07, 6.45) is 5.53. The minimum Gasteiger partial charge on any atom is -0.487 e. The number of hydrogen-bond donors (Lipinski definition) is 1. The van der Waals surface area contributed by atoms with Crippen LogP contribution in [-0.2, 0) is 4.74 Å². The van der Waals surface area contributed by atoms with Crippen molar-refractivity contribution in [3.8, 4) is 5.75 Å². The normalized spacial score (nSPS) is 34.9. The monoisotopic (exact) mass is 417 g/mol. The molecule has 1 spiro atoms. The van der Waals surface area contributed by atoms with Crippen molar-refractivity contribution in [2.24, 2.45) is 16.3 Å². The molecule has 5 rings (SSSR count). The molecule has 0 bridgehead atoms. The van der Waals surface area contributed by atoms with E-state index >= 15 is 0 Å². The van der Waals surface area contributed by atoms with Crippen molar-refractivity contribution in [1.29, 1.82) is 0 Å². The van der Waals surface area contributed by atoms with Gasteiger partial charge in [0.25, 0.3) is 0 Å². The van der Waals surface area contributed by atoms with E-state index < -0.39 is 0 Å². The molecule has 0 aromatic heterocycles. The van der Waals surface area contributed by atoms with E-state index in [-0.39, 0.29) is 17.1 Å². The van der Waals surface area contributed by atoms with E-state index in [2.05, 4.69) is 42.0 Å². The van der Waals surface area contributed by atoms with Crippen LogP contribution in [0, 0.1) is 11.3 Å². The van der Waals surface area contributed by atoms with Gasteiger partial charge in [-0.2, -0.15) is 0 Å². The van der Waals surface area contributed by atoms with E-state index in [9.17, 15) is 0 Å². The lowest BCUT2D eigenvalue weighted by Gasteiger charge is -2.54. The quantitative estimate of drug-likeness (QED) is 0.788. The highest BCUT2D eigenvalue weighted by Gasteiger charge is 2.52. The zero-order valence-corrected chi connectivity index (χ0v) is 18.4. The molecule has 5 nitrogen and oxygen atoms in total. The fraction of sp³-hybridized carbons (Fsp3) is 0.696. The zero-order valence-electron chi connectivity index (χ0n) is 17.7. The van der Waals surface area contributed by atoms with Gasteiger partial charge in [-0.25, -0.2) is 0 Å². The van der Waals surface area contributed by atoms with Gasteiger partial charge in [0.05, 0.1) is 31.1 Å². The first-order valence-electron chi connectivity index (χ1n) is 11.0. The standard InChI is InChI=1S/C23H32ClN3O2/c1-15-19(26-14-25-15)12-27-8-6-23(7-9-27)11-18-21(28-13-23)17-5-4-16(24)10-20(17)29-22(18,2)3/h4-5,10,14-15,18-19,21H,6-9,11-13H2,1-3H3,(H,25,26). The Hall–Kier alpha value is -1.30. The number of nitrogens with zero attached hydrogens (tertiary/aromatic N) is 2. The van der Waals surface area contributed by atoms with Crippen LogP contribution in [0.4, 0.5) is 0 Å². The van der Waals surface area contributed by atoms with Crippen molar-refractivity contribution in [3.05, 3.63) is 28.8 Å². The van der Waals surface area contributed by atoms with Crippen LogP contribution in [0.3, 0.4) is 0 Å². The molecule has 6 heteroatoms. The number of hydrogen-bond acceptors (Lipinski definition) is 5. The number of piperidine rings is 1. The van der Waals surface area contributed by atoms with E-state index in [0.717, 1.165) is 37.6 Å². The first-order chi connectivity index (χ1) is 13.9. The summed E-state index contributed by atoms with van der Waals surface area (Å²) in [5, 5.41) is 4.12. The Labute approximate surface area is 178 Å². The largest absolute Gasteiger partial charge is 0.487 e. The van der Waals surface area contributed by atoms with Crippen LogP contribution in [-0.4, -0.2) is 55.2 Å².